The Morgan fingerprint density at radius 3 is 2.71 bits per heavy atom. The van der Waals surface area contributed by atoms with Crippen molar-refractivity contribution in [2.45, 2.75) is 52.1 Å². The molecule has 0 spiro atoms. The van der Waals surface area contributed by atoms with Crippen LogP contribution >= 0.6 is 0 Å². The van der Waals surface area contributed by atoms with Crippen molar-refractivity contribution in [1.82, 2.24) is 5.32 Å². The summed E-state index contributed by atoms with van der Waals surface area (Å²) < 4.78 is 11.2. The number of ether oxygens (including phenoxy) is 2. The second kappa shape index (κ2) is 10.3. The summed E-state index contributed by atoms with van der Waals surface area (Å²) in [4.78, 5) is 0. The first-order chi connectivity index (χ1) is 10.2. The van der Waals surface area contributed by atoms with Gasteiger partial charge in [0.1, 0.15) is 11.5 Å². The van der Waals surface area contributed by atoms with E-state index in [1.165, 1.54) is 18.4 Å². The minimum absolute atomic E-state index is 0.457. The van der Waals surface area contributed by atoms with Crippen molar-refractivity contribution < 1.29 is 9.47 Å². The minimum atomic E-state index is 0.457. The minimum Gasteiger partial charge on any atom is -0.497 e. The van der Waals surface area contributed by atoms with Gasteiger partial charge in [-0.15, -0.1) is 6.58 Å². The van der Waals surface area contributed by atoms with Crippen LogP contribution in [0.25, 0.3) is 0 Å². The van der Waals surface area contributed by atoms with E-state index in [0.717, 1.165) is 37.5 Å². The Balaban J connectivity index is 2.53. The van der Waals surface area contributed by atoms with Crippen molar-refractivity contribution in [2.75, 3.05) is 13.7 Å². The standard InChI is InChI=1S/C18H29NO2/c1-5-6-7-8-9-12-21-18-13-17(20-4)11-10-16(18)14-19-15(2)3/h5,10-11,13,15,19H,1,6-9,12,14H2,2-4H3. The Kier molecular flexibility index (Phi) is 8.60. The highest BCUT2D eigenvalue weighted by Gasteiger charge is 2.06. The van der Waals surface area contributed by atoms with Gasteiger partial charge in [0.15, 0.2) is 0 Å². The Labute approximate surface area is 129 Å². The highest BCUT2D eigenvalue weighted by atomic mass is 16.5. The molecule has 0 aliphatic rings. The molecule has 0 radical (unpaired) electrons. The molecule has 1 aromatic rings. The number of allylic oxidation sites excluding steroid dienone is 1. The average molecular weight is 291 g/mol. The molecule has 0 aliphatic heterocycles. The van der Waals surface area contributed by atoms with E-state index in [1.807, 2.05) is 18.2 Å². The molecule has 3 heteroatoms. The summed E-state index contributed by atoms with van der Waals surface area (Å²) in [6.45, 7) is 9.59. The number of rotatable bonds is 11. The summed E-state index contributed by atoms with van der Waals surface area (Å²) >= 11 is 0. The monoisotopic (exact) mass is 291 g/mol. The fourth-order valence-corrected chi connectivity index (χ4v) is 2.01. The highest BCUT2D eigenvalue weighted by Crippen LogP contribution is 2.25. The molecule has 3 nitrogen and oxygen atoms in total. The predicted octanol–water partition coefficient (Wildman–Crippen LogP) is 4.32. The van der Waals surface area contributed by atoms with E-state index in [0.29, 0.717) is 6.04 Å². The Morgan fingerprint density at radius 2 is 2.05 bits per heavy atom. The van der Waals surface area contributed by atoms with E-state index < -0.39 is 0 Å². The Bertz CT molecular complexity index is 416. The normalized spacial score (nSPS) is 10.7. The van der Waals surface area contributed by atoms with Crippen LogP contribution in [0.15, 0.2) is 30.9 Å². The SMILES string of the molecule is C=CCCCCCOc1cc(OC)ccc1CNC(C)C. The third kappa shape index (κ3) is 7.19. The second-order valence-electron chi connectivity index (χ2n) is 5.50. The number of hydrogen-bond acceptors (Lipinski definition) is 3. The Hall–Kier alpha value is -1.48. The lowest BCUT2D eigenvalue weighted by atomic mass is 10.1. The smallest absolute Gasteiger partial charge is 0.127 e. The number of methoxy groups -OCH3 is 1. The first kappa shape index (κ1) is 17.6. The van der Waals surface area contributed by atoms with Crippen LogP contribution in [0.4, 0.5) is 0 Å². The number of nitrogens with one attached hydrogen (secondary N) is 1. The molecule has 0 fully saturated rings. The van der Waals surface area contributed by atoms with Crippen molar-refractivity contribution >= 4 is 0 Å². The molecule has 0 heterocycles. The zero-order valence-corrected chi connectivity index (χ0v) is 13.7. The van der Waals surface area contributed by atoms with Gasteiger partial charge in [0.2, 0.25) is 0 Å². The lowest BCUT2D eigenvalue weighted by Gasteiger charge is -2.15. The molecule has 1 N–H and O–H groups in total. The second-order valence-corrected chi connectivity index (χ2v) is 5.50. The van der Waals surface area contributed by atoms with Gasteiger partial charge in [0.25, 0.3) is 0 Å². The third-order valence-corrected chi connectivity index (χ3v) is 3.29. The van der Waals surface area contributed by atoms with Crippen LogP contribution in [-0.4, -0.2) is 19.8 Å². The molecule has 0 atom stereocenters. The molecular formula is C18H29NO2. The van der Waals surface area contributed by atoms with Crippen molar-refractivity contribution in [1.29, 1.82) is 0 Å². The van der Waals surface area contributed by atoms with Gasteiger partial charge in [0, 0.05) is 24.2 Å². The van der Waals surface area contributed by atoms with Crippen LogP contribution in [0.2, 0.25) is 0 Å². The van der Waals surface area contributed by atoms with Crippen molar-refractivity contribution in [2.24, 2.45) is 0 Å². The molecule has 0 aliphatic carbocycles. The first-order valence-corrected chi connectivity index (χ1v) is 7.81. The predicted molar refractivity (Wildman–Crippen MR) is 89.1 cm³/mol. The van der Waals surface area contributed by atoms with Gasteiger partial charge < -0.3 is 14.8 Å². The lowest BCUT2D eigenvalue weighted by Crippen LogP contribution is -2.22. The maximum Gasteiger partial charge on any atom is 0.127 e. The van der Waals surface area contributed by atoms with E-state index in [-0.39, 0.29) is 0 Å². The summed E-state index contributed by atoms with van der Waals surface area (Å²) in [5, 5.41) is 3.43. The van der Waals surface area contributed by atoms with E-state index >= 15 is 0 Å². The summed E-state index contributed by atoms with van der Waals surface area (Å²) in [6, 6.07) is 6.48. The van der Waals surface area contributed by atoms with Gasteiger partial charge in [0.05, 0.1) is 13.7 Å². The third-order valence-electron chi connectivity index (χ3n) is 3.29. The van der Waals surface area contributed by atoms with Crippen LogP contribution in [0.3, 0.4) is 0 Å². The fourth-order valence-electron chi connectivity index (χ4n) is 2.01. The Morgan fingerprint density at radius 1 is 1.24 bits per heavy atom. The molecular weight excluding hydrogens is 262 g/mol. The molecule has 0 aromatic heterocycles. The largest absolute Gasteiger partial charge is 0.497 e. The van der Waals surface area contributed by atoms with E-state index in [1.54, 1.807) is 7.11 Å². The molecule has 1 aromatic carbocycles. The molecule has 21 heavy (non-hydrogen) atoms. The van der Waals surface area contributed by atoms with Gasteiger partial charge in [-0.3, -0.25) is 0 Å². The molecule has 118 valence electrons. The average Bonchev–Trinajstić information content (AvgIpc) is 2.49. The van der Waals surface area contributed by atoms with Crippen molar-refractivity contribution in [3.8, 4) is 11.5 Å². The van der Waals surface area contributed by atoms with Gasteiger partial charge in [-0.2, -0.15) is 0 Å². The molecule has 1 rings (SSSR count). The maximum absolute atomic E-state index is 5.95. The van der Waals surface area contributed by atoms with Crippen LogP contribution in [0.1, 0.15) is 45.1 Å². The summed E-state index contributed by atoms with van der Waals surface area (Å²) in [5.41, 5.74) is 1.18. The molecule has 0 unspecified atom stereocenters. The number of hydrogen-bond donors (Lipinski definition) is 1. The lowest BCUT2D eigenvalue weighted by molar-refractivity contribution is 0.299. The van der Waals surface area contributed by atoms with Crippen LogP contribution in [0.5, 0.6) is 11.5 Å². The van der Waals surface area contributed by atoms with E-state index in [9.17, 15) is 0 Å². The first-order valence-electron chi connectivity index (χ1n) is 7.81. The van der Waals surface area contributed by atoms with Crippen molar-refractivity contribution in [3.05, 3.63) is 36.4 Å². The highest BCUT2D eigenvalue weighted by molar-refractivity contribution is 5.40. The molecule has 0 bridgehead atoms. The number of benzene rings is 1. The number of unbranched alkanes of at least 4 members (excludes halogenated alkanes) is 3. The van der Waals surface area contributed by atoms with Crippen molar-refractivity contribution in [3.63, 3.8) is 0 Å². The van der Waals surface area contributed by atoms with Gasteiger partial charge in [-0.05, 0) is 31.7 Å². The molecule has 0 amide bonds. The fraction of sp³-hybridized carbons (Fsp3) is 0.556. The van der Waals surface area contributed by atoms with E-state index in [4.69, 9.17) is 9.47 Å². The zero-order chi connectivity index (χ0) is 15.5. The van der Waals surface area contributed by atoms with Gasteiger partial charge in [-0.1, -0.05) is 26.0 Å². The van der Waals surface area contributed by atoms with Crippen LogP contribution in [0, 0.1) is 0 Å². The topological polar surface area (TPSA) is 30.5 Å². The summed E-state index contributed by atoms with van der Waals surface area (Å²) in [6.07, 6.45) is 6.49. The molecule has 0 saturated heterocycles. The zero-order valence-electron chi connectivity index (χ0n) is 13.7. The van der Waals surface area contributed by atoms with Gasteiger partial charge in [-0.25, -0.2) is 0 Å². The van der Waals surface area contributed by atoms with E-state index in [2.05, 4.69) is 31.8 Å². The van der Waals surface area contributed by atoms with Crippen LogP contribution in [-0.2, 0) is 6.54 Å². The molecule has 0 saturated carbocycles. The quantitative estimate of drug-likeness (QED) is 0.486. The maximum atomic E-state index is 5.95. The summed E-state index contributed by atoms with van der Waals surface area (Å²) in [5.74, 6) is 1.76. The summed E-state index contributed by atoms with van der Waals surface area (Å²) in [7, 11) is 1.68. The van der Waals surface area contributed by atoms with Crippen LogP contribution < -0.4 is 14.8 Å². The van der Waals surface area contributed by atoms with Gasteiger partial charge >= 0.3 is 0 Å².